The van der Waals surface area contributed by atoms with Gasteiger partial charge in [-0.3, -0.25) is 24.6 Å². The summed E-state index contributed by atoms with van der Waals surface area (Å²) in [6.45, 7) is 2.13. The molecule has 2 amide bonds. The number of carbonyl (C=O) groups excluding carboxylic acids is 2. The Bertz CT molecular complexity index is 1810. The van der Waals surface area contributed by atoms with Crippen molar-refractivity contribution in [3.63, 3.8) is 0 Å². The largest absolute Gasteiger partial charge is 0.504 e. The van der Waals surface area contributed by atoms with Crippen LogP contribution < -0.4 is 4.90 Å². The maximum Gasteiger partial charge on any atom is 0.293 e. The van der Waals surface area contributed by atoms with Crippen LogP contribution in [-0.4, -0.2) is 73.8 Å². The molecule has 2 aliphatic heterocycles. The van der Waals surface area contributed by atoms with Crippen molar-refractivity contribution in [1.82, 2.24) is 9.80 Å². The van der Waals surface area contributed by atoms with Gasteiger partial charge in [0.15, 0.2) is 11.5 Å². The van der Waals surface area contributed by atoms with Crippen LogP contribution in [0.4, 0.5) is 11.4 Å². The molecule has 10 nitrogen and oxygen atoms in total. The van der Waals surface area contributed by atoms with Crippen LogP contribution in [0.2, 0.25) is 0 Å². The number of amides is 2. The van der Waals surface area contributed by atoms with Crippen LogP contribution in [0.15, 0.2) is 72.8 Å². The van der Waals surface area contributed by atoms with Crippen LogP contribution in [0.25, 0.3) is 10.8 Å². The maximum absolute atomic E-state index is 13.7. The highest BCUT2D eigenvalue weighted by atomic mass is 32.2. The van der Waals surface area contributed by atoms with Gasteiger partial charge in [0.25, 0.3) is 17.5 Å². The third kappa shape index (κ3) is 5.53. The number of nitrogens with zero attached hydrogens (tertiary/aromatic N) is 4. The van der Waals surface area contributed by atoms with Gasteiger partial charge in [-0.25, -0.2) is 0 Å². The van der Waals surface area contributed by atoms with Crippen molar-refractivity contribution in [2.24, 2.45) is 0 Å². The summed E-state index contributed by atoms with van der Waals surface area (Å²) >= 11 is 7.28. The average molecular weight is 629 g/mol. The third-order valence-corrected chi connectivity index (χ3v) is 9.58. The van der Waals surface area contributed by atoms with Crippen molar-refractivity contribution in [2.45, 2.75) is 12.2 Å². The van der Waals surface area contributed by atoms with Gasteiger partial charge >= 0.3 is 0 Å². The second kappa shape index (κ2) is 12.1. The van der Waals surface area contributed by atoms with Crippen LogP contribution in [0.5, 0.6) is 11.5 Å². The molecular formula is C32H28N4O6S2. The van der Waals surface area contributed by atoms with Gasteiger partial charge in [-0.2, -0.15) is 0 Å². The topological polar surface area (TPSA) is 127 Å². The number of phenols is 2. The van der Waals surface area contributed by atoms with Crippen LogP contribution >= 0.6 is 24.0 Å². The second-order valence-corrected chi connectivity index (χ2v) is 12.2. The Morgan fingerprint density at radius 2 is 1.59 bits per heavy atom. The van der Waals surface area contributed by atoms with E-state index in [1.165, 1.54) is 23.8 Å². The monoisotopic (exact) mass is 628 g/mol. The molecule has 0 unspecified atom stereocenters. The summed E-state index contributed by atoms with van der Waals surface area (Å²) in [5.74, 6) is -0.903. The zero-order chi connectivity index (χ0) is 31.0. The molecule has 0 bridgehead atoms. The number of piperazine rings is 1. The number of anilines is 1. The molecule has 2 aliphatic rings. The molecule has 1 saturated heterocycles. The zero-order valence-electron chi connectivity index (χ0n) is 23.5. The second-order valence-electron chi connectivity index (χ2n) is 10.6. The summed E-state index contributed by atoms with van der Waals surface area (Å²) in [5.41, 5.74) is 2.41. The number of hydrogen-bond acceptors (Lipinski definition) is 9. The smallest absolute Gasteiger partial charge is 0.293 e. The van der Waals surface area contributed by atoms with Gasteiger partial charge in [0.2, 0.25) is 0 Å². The van der Waals surface area contributed by atoms with Crippen molar-refractivity contribution in [2.75, 3.05) is 37.6 Å². The zero-order valence-corrected chi connectivity index (χ0v) is 25.1. The number of imide groups is 1. The predicted molar refractivity (Wildman–Crippen MR) is 174 cm³/mol. The first kappa shape index (κ1) is 29.4. The number of hydrogen-bond donors (Lipinski definition) is 2. The molecule has 2 heterocycles. The van der Waals surface area contributed by atoms with E-state index in [4.69, 9.17) is 12.2 Å². The Hall–Kier alpha value is -4.68. The number of carbonyl (C=O) groups is 2. The minimum Gasteiger partial charge on any atom is -0.504 e. The number of benzene rings is 4. The number of aromatic hydroxyl groups is 2. The summed E-state index contributed by atoms with van der Waals surface area (Å²) < 4.78 is 0.777. The molecule has 0 atom stereocenters. The first-order valence-electron chi connectivity index (χ1n) is 14.0. The van der Waals surface area contributed by atoms with E-state index < -0.39 is 16.7 Å². The van der Waals surface area contributed by atoms with Crippen molar-refractivity contribution >= 4 is 62.3 Å². The van der Waals surface area contributed by atoms with Gasteiger partial charge in [0.1, 0.15) is 10.0 Å². The molecule has 4 aromatic rings. The van der Waals surface area contributed by atoms with E-state index in [9.17, 15) is 29.9 Å². The van der Waals surface area contributed by atoms with Gasteiger partial charge in [-0.05, 0) is 35.7 Å². The van der Waals surface area contributed by atoms with E-state index in [2.05, 4.69) is 17.0 Å². The number of nitro groups is 1. The van der Waals surface area contributed by atoms with Crippen molar-refractivity contribution in [3.05, 3.63) is 105 Å². The fraction of sp³-hybridized carbons (Fsp3) is 0.219. The fourth-order valence-corrected chi connectivity index (χ4v) is 6.96. The molecule has 0 aliphatic carbocycles. The number of thioether (sulfide) groups is 1. The molecule has 0 radical (unpaired) electrons. The van der Waals surface area contributed by atoms with Crippen molar-refractivity contribution in [3.8, 4) is 11.5 Å². The van der Waals surface area contributed by atoms with Gasteiger partial charge in [0.05, 0.1) is 10.5 Å². The minimum atomic E-state index is -0.609. The number of thiocarbonyl (C=S) groups is 1. The summed E-state index contributed by atoms with van der Waals surface area (Å²) in [6, 6.07) is 20.7. The molecule has 0 saturated carbocycles. The SMILES string of the molecule is O=C1c2cccc3c(N4CCN(C(=S)SCc5ccccc5)CC4)c([N+](=O)[O-])cc(c23)C(=O)N1CCc1ccc(O)c(O)c1. The first-order valence-corrected chi connectivity index (χ1v) is 15.4. The molecule has 6 rings (SSSR count). The first-order chi connectivity index (χ1) is 21.2. The summed E-state index contributed by atoms with van der Waals surface area (Å²) in [7, 11) is 0. The Morgan fingerprint density at radius 3 is 2.30 bits per heavy atom. The van der Waals surface area contributed by atoms with Gasteiger partial charge < -0.3 is 20.0 Å². The van der Waals surface area contributed by atoms with Crippen LogP contribution in [0, 0.1) is 10.1 Å². The Kier molecular flexibility index (Phi) is 8.11. The highest BCUT2D eigenvalue weighted by Gasteiger charge is 2.37. The van der Waals surface area contributed by atoms with E-state index >= 15 is 0 Å². The molecule has 0 aromatic heterocycles. The lowest BCUT2D eigenvalue weighted by Gasteiger charge is -2.38. The molecule has 1 fully saturated rings. The summed E-state index contributed by atoms with van der Waals surface area (Å²) in [6.07, 6.45) is 0.229. The van der Waals surface area contributed by atoms with Gasteiger partial charge in [0, 0.05) is 60.9 Å². The molecular weight excluding hydrogens is 601 g/mol. The van der Waals surface area contributed by atoms with E-state index in [0.717, 1.165) is 15.0 Å². The molecule has 2 N–H and O–H groups in total. The van der Waals surface area contributed by atoms with Crippen LogP contribution in [0.3, 0.4) is 0 Å². The Labute approximate surface area is 262 Å². The summed E-state index contributed by atoms with van der Waals surface area (Å²) in [4.78, 5) is 44.3. The number of rotatable bonds is 7. The Morgan fingerprint density at radius 1 is 0.864 bits per heavy atom. The molecule has 224 valence electrons. The van der Waals surface area contributed by atoms with E-state index in [1.807, 2.05) is 23.1 Å². The van der Waals surface area contributed by atoms with E-state index in [-0.39, 0.29) is 35.7 Å². The lowest BCUT2D eigenvalue weighted by Crippen LogP contribution is -2.48. The third-order valence-electron chi connectivity index (χ3n) is 7.98. The lowest BCUT2D eigenvalue weighted by atomic mass is 9.91. The highest BCUT2D eigenvalue weighted by Crippen LogP contribution is 2.42. The Balaban J connectivity index is 1.25. The molecule has 44 heavy (non-hydrogen) atoms. The van der Waals surface area contributed by atoms with E-state index in [0.29, 0.717) is 53.8 Å². The standard InChI is InChI=1S/C32H28N4O6S2/c37-26-10-9-20(17-27(26)38)11-12-35-30(39)23-8-4-7-22-28(23)24(31(35)40)18-25(36(41)42)29(22)33-13-15-34(16-14-33)32(43)44-19-21-5-2-1-3-6-21/h1-10,17-18,37-38H,11-16,19H2. The van der Waals surface area contributed by atoms with Crippen LogP contribution in [0.1, 0.15) is 31.8 Å². The maximum atomic E-state index is 13.7. The van der Waals surface area contributed by atoms with Crippen LogP contribution in [-0.2, 0) is 12.2 Å². The minimum absolute atomic E-state index is 0.00257. The summed E-state index contributed by atoms with van der Waals surface area (Å²) in [5, 5.41) is 32.7. The number of phenolic OH excluding ortho intramolecular Hbond substituents is 2. The quantitative estimate of drug-likeness (QED) is 0.0911. The molecule has 4 aromatic carbocycles. The fourth-order valence-electron chi connectivity index (χ4n) is 5.75. The van der Waals surface area contributed by atoms with Crippen molar-refractivity contribution in [1.29, 1.82) is 0 Å². The van der Waals surface area contributed by atoms with E-state index in [1.54, 1.807) is 36.0 Å². The van der Waals surface area contributed by atoms with Crippen molar-refractivity contribution < 1.29 is 24.7 Å². The van der Waals surface area contributed by atoms with Gasteiger partial charge in [-0.15, -0.1) is 0 Å². The average Bonchev–Trinajstić information content (AvgIpc) is 3.04. The van der Waals surface area contributed by atoms with Gasteiger partial charge in [-0.1, -0.05) is 72.5 Å². The molecule has 12 heteroatoms. The highest BCUT2D eigenvalue weighted by molar-refractivity contribution is 8.22. The predicted octanol–water partition coefficient (Wildman–Crippen LogP) is 5.34. The lowest BCUT2D eigenvalue weighted by molar-refractivity contribution is -0.384. The number of nitro benzene ring substituents is 1. The molecule has 0 spiro atoms. The normalized spacial score (nSPS) is 14.8.